The Hall–Kier alpha value is -3.73. The monoisotopic (exact) mass is 544 g/mol. The topological polar surface area (TPSA) is 119 Å². The zero-order valence-corrected chi connectivity index (χ0v) is 21.9. The van der Waals surface area contributed by atoms with Crippen molar-refractivity contribution in [2.24, 2.45) is 0 Å². The molecule has 1 amide bonds. The number of aryl methyl sites for hydroxylation is 1. The van der Waals surface area contributed by atoms with Crippen LogP contribution >= 0.6 is 11.6 Å². The van der Waals surface area contributed by atoms with Crippen LogP contribution in [0.5, 0.6) is 0 Å². The number of methoxy groups -OCH3 is 2. The van der Waals surface area contributed by atoms with Crippen molar-refractivity contribution in [2.75, 3.05) is 26.1 Å². The zero-order chi connectivity index (χ0) is 27.2. The normalized spacial score (nSPS) is 11.2. The van der Waals surface area contributed by atoms with Crippen molar-refractivity contribution in [3.8, 4) is 0 Å². The number of nitrogens with one attached hydrogen (secondary N) is 1. The molecule has 3 aromatic carbocycles. The Morgan fingerprint density at radius 3 is 2.00 bits per heavy atom. The number of nitrogens with zero attached hydrogens (tertiary/aromatic N) is 1. The number of sulfonamides is 1. The van der Waals surface area contributed by atoms with Gasteiger partial charge in [-0.25, -0.2) is 18.0 Å². The number of halogens is 1. The molecule has 3 rings (SSSR count). The molecule has 0 spiro atoms. The fourth-order valence-electron chi connectivity index (χ4n) is 3.43. The van der Waals surface area contributed by atoms with E-state index < -0.39 is 34.4 Å². The summed E-state index contributed by atoms with van der Waals surface area (Å²) in [6.45, 7) is 1.09. The molecule has 0 aliphatic heterocycles. The molecule has 0 fully saturated rings. The molecule has 0 atom stereocenters. The van der Waals surface area contributed by atoms with Crippen molar-refractivity contribution in [2.45, 2.75) is 18.4 Å². The molecule has 11 heteroatoms. The summed E-state index contributed by atoms with van der Waals surface area (Å²) in [5.41, 5.74) is 1.47. The molecule has 1 N–H and O–H groups in total. The number of hydrogen-bond acceptors (Lipinski definition) is 7. The molecule has 0 aromatic heterocycles. The first-order valence-electron chi connectivity index (χ1n) is 11.0. The van der Waals surface area contributed by atoms with Gasteiger partial charge in [0.1, 0.15) is 0 Å². The molecule has 194 valence electrons. The maximum atomic E-state index is 13.5. The van der Waals surface area contributed by atoms with Gasteiger partial charge in [0.05, 0.1) is 36.8 Å². The summed E-state index contributed by atoms with van der Waals surface area (Å²) in [4.78, 5) is 37.2. The van der Waals surface area contributed by atoms with Gasteiger partial charge < -0.3 is 14.8 Å². The summed E-state index contributed by atoms with van der Waals surface area (Å²) in [6, 6.07) is 16.8. The molecular formula is C26H25ClN2O7S. The maximum absolute atomic E-state index is 13.5. The third-order valence-corrected chi connectivity index (χ3v) is 7.52. The first kappa shape index (κ1) is 27.9. The summed E-state index contributed by atoms with van der Waals surface area (Å²) >= 11 is 6.26. The van der Waals surface area contributed by atoms with Crippen LogP contribution in [-0.2, 0) is 30.8 Å². The summed E-state index contributed by atoms with van der Waals surface area (Å²) < 4.78 is 37.4. The van der Waals surface area contributed by atoms with E-state index in [1.807, 2.05) is 6.92 Å². The SMILES string of the molecule is COC(=O)c1cc(NC(=O)CN(Cc2ccccc2Cl)S(=O)(=O)c2ccc(C)cc2)cc(C(=O)OC)c1. The minimum Gasteiger partial charge on any atom is -0.465 e. The molecule has 0 saturated carbocycles. The molecular weight excluding hydrogens is 520 g/mol. The molecule has 3 aromatic rings. The third kappa shape index (κ3) is 6.94. The molecule has 0 radical (unpaired) electrons. The summed E-state index contributed by atoms with van der Waals surface area (Å²) in [5.74, 6) is -2.17. The van der Waals surface area contributed by atoms with Gasteiger partial charge in [-0.1, -0.05) is 47.5 Å². The highest BCUT2D eigenvalue weighted by Gasteiger charge is 2.28. The highest BCUT2D eigenvalue weighted by atomic mass is 35.5. The number of anilines is 1. The average molecular weight is 545 g/mol. The van der Waals surface area contributed by atoms with Crippen molar-refractivity contribution >= 4 is 45.2 Å². The predicted octanol–water partition coefficient (Wildman–Crippen LogP) is 4.05. The van der Waals surface area contributed by atoms with E-state index in [0.717, 1.165) is 9.87 Å². The maximum Gasteiger partial charge on any atom is 0.337 e. The number of esters is 2. The number of carbonyl (C=O) groups excluding carboxylic acids is 3. The first-order chi connectivity index (χ1) is 17.5. The largest absolute Gasteiger partial charge is 0.465 e. The minimum absolute atomic E-state index is 0.000834. The minimum atomic E-state index is -4.11. The van der Waals surface area contributed by atoms with E-state index in [1.54, 1.807) is 36.4 Å². The quantitative estimate of drug-likeness (QED) is 0.403. The van der Waals surface area contributed by atoms with Crippen LogP contribution in [0, 0.1) is 6.92 Å². The predicted molar refractivity (Wildman–Crippen MR) is 138 cm³/mol. The van der Waals surface area contributed by atoms with E-state index in [4.69, 9.17) is 21.1 Å². The lowest BCUT2D eigenvalue weighted by Crippen LogP contribution is -2.37. The first-order valence-corrected chi connectivity index (χ1v) is 12.8. The van der Waals surface area contributed by atoms with Crippen molar-refractivity contribution < 1.29 is 32.3 Å². The molecule has 0 bridgehead atoms. The Kier molecular flexibility index (Phi) is 9.04. The van der Waals surface area contributed by atoms with Crippen molar-refractivity contribution in [1.82, 2.24) is 4.31 Å². The molecule has 9 nitrogen and oxygen atoms in total. The molecule has 0 saturated heterocycles. The van der Waals surface area contributed by atoms with Crippen molar-refractivity contribution in [1.29, 1.82) is 0 Å². The van der Waals surface area contributed by atoms with Crippen molar-refractivity contribution in [3.05, 3.63) is 94.0 Å². The Bertz CT molecular complexity index is 1390. The number of hydrogen-bond donors (Lipinski definition) is 1. The van der Waals surface area contributed by atoms with E-state index in [0.29, 0.717) is 10.6 Å². The van der Waals surface area contributed by atoms with Crippen LogP contribution in [0.2, 0.25) is 5.02 Å². The molecule has 0 aliphatic rings. The second-order valence-corrected chi connectivity index (χ2v) is 10.4. The summed E-state index contributed by atoms with van der Waals surface area (Å²) in [6.07, 6.45) is 0. The van der Waals surface area contributed by atoms with Crippen LogP contribution in [0.1, 0.15) is 31.8 Å². The van der Waals surface area contributed by atoms with Crippen LogP contribution in [0.4, 0.5) is 5.69 Å². The average Bonchev–Trinajstić information content (AvgIpc) is 2.88. The van der Waals surface area contributed by atoms with E-state index in [1.165, 1.54) is 44.6 Å². The Labute approximate surface area is 220 Å². The standard InChI is InChI=1S/C26H25ClN2O7S/c1-17-8-10-22(11-9-17)37(33,34)29(15-18-6-4-5-7-23(18)27)16-24(30)28-21-13-19(25(31)35-2)12-20(14-21)26(32)36-3/h4-14H,15-16H2,1-3H3,(H,28,30). The lowest BCUT2D eigenvalue weighted by atomic mass is 10.1. The van der Waals surface area contributed by atoms with Crippen LogP contribution < -0.4 is 5.32 Å². The smallest absolute Gasteiger partial charge is 0.337 e. The number of rotatable bonds is 9. The zero-order valence-electron chi connectivity index (χ0n) is 20.4. The third-order valence-electron chi connectivity index (χ3n) is 5.34. The van der Waals surface area contributed by atoms with Gasteiger partial charge in [0.25, 0.3) is 0 Å². The van der Waals surface area contributed by atoms with E-state index in [9.17, 15) is 22.8 Å². The number of ether oxygens (including phenoxy) is 2. The van der Waals surface area contributed by atoms with E-state index in [-0.39, 0.29) is 28.3 Å². The fourth-order valence-corrected chi connectivity index (χ4v) is 5.00. The van der Waals surface area contributed by atoms with Crippen LogP contribution in [0.25, 0.3) is 0 Å². The van der Waals surface area contributed by atoms with Crippen LogP contribution in [-0.4, -0.2) is 51.3 Å². The molecule has 0 heterocycles. The highest BCUT2D eigenvalue weighted by Crippen LogP contribution is 2.23. The summed E-state index contributed by atoms with van der Waals surface area (Å²) in [5, 5.41) is 2.90. The number of amides is 1. The second-order valence-electron chi connectivity index (χ2n) is 8.01. The number of benzene rings is 3. The molecule has 0 unspecified atom stereocenters. The van der Waals surface area contributed by atoms with Gasteiger partial charge in [0.15, 0.2) is 0 Å². The van der Waals surface area contributed by atoms with Gasteiger partial charge in [-0.15, -0.1) is 0 Å². The fraction of sp³-hybridized carbons (Fsp3) is 0.192. The lowest BCUT2D eigenvalue weighted by molar-refractivity contribution is -0.116. The van der Waals surface area contributed by atoms with Crippen molar-refractivity contribution in [3.63, 3.8) is 0 Å². The van der Waals surface area contributed by atoms with Crippen LogP contribution in [0.15, 0.2) is 71.6 Å². The number of carbonyl (C=O) groups is 3. The van der Waals surface area contributed by atoms with Gasteiger partial charge in [-0.2, -0.15) is 4.31 Å². The van der Waals surface area contributed by atoms with Gasteiger partial charge >= 0.3 is 11.9 Å². The summed E-state index contributed by atoms with van der Waals surface area (Å²) in [7, 11) is -1.76. The highest BCUT2D eigenvalue weighted by molar-refractivity contribution is 7.89. The van der Waals surface area contributed by atoms with Gasteiger partial charge in [-0.05, 0) is 48.9 Å². The van der Waals surface area contributed by atoms with Gasteiger partial charge in [0.2, 0.25) is 15.9 Å². The van der Waals surface area contributed by atoms with Crippen LogP contribution in [0.3, 0.4) is 0 Å². The molecule has 0 aliphatic carbocycles. The van der Waals surface area contributed by atoms with Gasteiger partial charge in [0, 0.05) is 17.3 Å². The molecule has 37 heavy (non-hydrogen) atoms. The van der Waals surface area contributed by atoms with E-state index >= 15 is 0 Å². The lowest BCUT2D eigenvalue weighted by Gasteiger charge is -2.22. The Morgan fingerprint density at radius 2 is 1.46 bits per heavy atom. The Balaban J connectivity index is 1.94. The second kappa shape index (κ2) is 12.0. The Morgan fingerprint density at radius 1 is 0.892 bits per heavy atom. The van der Waals surface area contributed by atoms with Gasteiger partial charge in [-0.3, -0.25) is 4.79 Å². The van der Waals surface area contributed by atoms with E-state index in [2.05, 4.69) is 5.32 Å².